The van der Waals surface area contributed by atoms with E-state index >= 15 is 0 Å². The highest BCUT2D eigenvalue weighted by Crippen LogP contribution is 2.27. The van der Waals surface area contributed by atoms with Crippen molar-refractivity contribution in [2.24, 2.45) is 5.92 Å². The molecule has 1 aliphatic heterocycles. The lowest BCUT2D eigenvalue weighted by Crippen LogP contribution is -2.51. The van der Waals surface area contributed by atoms with Crippen molar-refractivity contribution < 1.29 is 9.21 Å². The van der Waals surface area contributed by atoms with Gasteiger partial charge in [0.15, 0.2) is 5.58 Å². The number of nitrogens with zero attached hydrogens (tertiary/aromatic N) is 3. The number of carbonyl (C=O) groups is 1. The van der Waals surface area contributed by atoms with E-state index < -0.39 is 0 Å². The van der Waals surface area contributed by atoms with Gasteiger partial charge in [-0.2, -0.15) is 4.98 Å². The summed E-state index contributed by atoms with van der Waals surface area (Å²) < 4.78 is 5.86. The fourth-order valence-electron chi connectivity index (χ4n) is 3.12. The molecule has 0 radical (unpaired) electrons. The standard InChI is InChI=1S/C18H24N4O2.2ClH/c1-13-2-5-16-15(10-13)20-18(24-16)22-8-6-21(7-9-22)17(23)12-19-11-14-3-4-14;;/h2,5,10,14,19H,3-4,6-9,11-12H2,1H3;2*1H. The van der Waals surface area contributed by atoms with Gasteiger partial charge in [0, 0.05) is 26.2 Å². The Balaban J connectivity index is 0.00000121. The molecule has 4 rings (SSSR count). The Morgan fingerprint density at radius 1 is 1.23 bits per heavy atom. The van der Waals surface area contributed by atoms with Crippen molar-refractivity contribution in [3.63, 3.8) is 0 Å². The Morgan fingerprint density at radius 3 is 2.65 bits per heavy atom. The molecule has 1 aromatic heterocycles. The van der Waals surface area contributed by atoms with Gasteiger partial charge < -0.3 is 19.5 Å². The SMILES string of the molecule is Cc1ccc2oc(N3CCN(C(=O)CNCC4CC4)CC3)nc2c1.Cl.Cl. The van der Waals surface area contributed by atoms with Crippen molar-refractivity contribution in [1.29, 1.82) is 0 Å². The number of aromatic nitrogens is 1. The number of piperazine rings is 1. The van der Waals surface area contributed by atoms with Gasteiger partial charge in [-0.1, -0.05) is 6.07 Å². The predicted octanol–water partition coefficient (Wildman–Crippen LogP) is 2.63. The number of hydrogen-bond acceptors (Lipinski definition) is 5. The summed E-state index contributed by atoms with van der Waals surface area (Å²) in [6, 6.07) is 6.69. The molecule has 1 aliphatic carbocycles. The van der Waals surface area contributed by atoms with Crippen molar-refractivity contribution in [3.8, 4) is 0 Å². The number of benzene rings is 1. The number of aryl methyl sites for hydroxylation is 1. The van der Waals surface area contributed by atoms with Gasteiger partial charge in [-0.25, -0.2) is 0 Å². The highest BCUT2D eigenvalue weighted by atomic mass is 35.5. The summed E-state index contributed by atoms with van der Waals surface area (Å²) in [5, 5.41) is 3.27. The van der Waals surface area contributed by atoms with Gasteiger partial charge in [-0.05, 0) is 49.9 Å². The lowest BCUT2D eigenvalue weighted by Gasteiger charge is -2.33. The molecule has 1 saturated heterocycles. The summed E-state index contributed by atoms with van der Waals surface area (Å²) in [6.07, 6.45) is 2.62. The van der Waals surface area contributed by atoms with Gasteiger partial charge in [0.2, 0.25) is 5.91 Å². The van der Waals surface area contributed by atoms with Gasteiger partial charge in [0.25, 0.3) is 6.01 Å². The number of hydrogen-bond donors (Lipinski definition) is 1. The first-order chi connectivity index (χ1) is 11.7. The second-order valence-corrected chi connectivity index (χ2v) is 6.91. The molecule has 2 aliphatic rings. The Morgan fingerprint density at radius 2 is 1.96 bits per heavy atom. The maximum Gasteiger partial charge on any atom is 0.298 e. The molecule has 6 nitrogen and oxygen atoms in total. The Hall–Kier alpha value is -1.50. The number of carbonyl (C=O) groups excluding carboxylic acids is 1. The van der Waals surface area contributed by atoms with Crippen molar-refractivity contribution >= 4 is 47.8 Å². The molecule has 2 heterocycles. The highest BCUT2D eigenvalue weighted by molar-refractivity contribution is 5.85. The van der Waals surface area contributed by atoms with Gasteiger partial charge in [-0.15, -0.1) is 24.8 Å². The Kier molecular flexibility index (Phi) is 7.15. The highest BCUT2D eigenvalue weighted by Gasteiger charge is 2.25. The average molecular weight is 401 g/mol. The monoisotopic (exact) mass is 400 g/mol. The molecular weight excluding hydrogens is 375 g/mol. The van der Waals surface area contributed by atoms with Crippen LogP contribution in [-0.4, -0.2) is 55.1 Å². The fourth-order valence-corrected chi connectivity index (χ4v) is 3.12. The maximum atomic E-state index is 12.2. The lowest BCUT2D eigenvalue weighted by atomic mass is 10.2. The maximum absolute atomic E-state index is 12.2. The number of nitrogens with one attached hydrogen (secondary N) is 1. The second-order valence-electron chi connectivity index (χ2n) is 6.91. The number of fused-ring (bicyclic) bond motifs is 1. The molecule has 0 spiro atoms. The summed E-state index contributed by atoms with van der Waals surface area (Å²) in [5.74, 6) is 1.00. The molecule has 0 atom stereocenters. The van der Waals surface area contributed by atoms with Crippen LogP contribution in [0.2, 0.25) is 0 Å². The zero-order valence-corrected chi connectivity index (χ0v) is 16.6. The smallest absolute Gasteiger partial charge is 0.298 e. The van der Waals surface area contributed by atoms with Crippen LogP contribution in [0.4, 0.5) is 6.01 Å². The third-order valence-corrected chi connectivity index (χ3v) is 4.84. The number of amides is 1. The predicted molar refractivity (Wildman–Crippen MR) is 108 cm³/mol. The van der Waals surface area contributed by atoms with E-state index in [1.165, 1.54) is 18.4 Å². The van der Waals surface area contributed by atoms with Crippen LogP contribution in [0.3, 0.4) is 0 Å². The minimum Gasteiger partial charge on any atom is -0.423 e. The van der Waals surface area contributed by atoms with E-state index in [0.717, 1.165) is 49.7 Å². The van der Waals surface area contributed by atoms with Crippen LogP contribution in [0, 0.1) is 12.8 Å². The molecule has 26 heavy (non-hydrogen) atoms. The van der Waals surface area contributed by atoms with E-state index in [4.69, 9.17) is 4.42 Å². The quantitative estimate of drug-likeness (QED) is 0.835. The molecule has 1 saturated carbocycles. The molecule has 2 fully saturated rings. The summed E-state index contributed by atoms with van der Waals surface area (Å²) in [5.41, 5.74) is 2.89. The van der Waals surface area contributed by atoms with E-state index in [2.05, 4.69) is 22.1 Å². The summed E-state index contributed by atoms with van der Waals surface area (Å²) >= 11 is 0. The molecule has 144 valence electrons. The van der Waals surface area contributed by atoms with Crippen LogP contribution in [0.25, 0.3) is 11.1 Å². The summed E-state index contributed by atoms with van der Waals surface area (Å²) in [7, 11) is 0. The van der Waals surface area contributed by atoms with Crippen LogP contribution >= 0.6 is 24.8 Å². The normalized spacial score (nSPS) is 17.0. The first kappa shape index (κ1) is 20.8. The average Bonchev–Trinajstić information content (AvgIpc) is 3.32. The summed E-state index contributed by atoms with van der Waals surface area (Å²) in [4.78, 5) is 20.9. The van der Waals surface area contributed by atoms with Crippen LogP contribution < -0.4 is 10.2 Å². The van der Waals surface area contributed by atoms with Crippen LogP contribution in [-0.2, 0) is 4.79 Å². The van der Waals surface area contributed by atoms with Gasteiger partial charge >= 0.3 is 0 Å². The number of oxazole rings is 1. The zero-order chi connectivity index (χ0) is 16.5. The third-order valence-electron chi connectivity index (χ3n) is 4.84. The molecule has 0 bridgehead atoms. The second kappa shape index (κ2) is 8.93. The third kappa shape index (κ3) is 4.81. The molecule has 1 amide bonds. The number of halogens is 2. The fraction of sp³-hybridized carbons (Fsp3) is 0.556. The minimum atomic E-state index is 0. The first-order valence-electron chi connectivity index (χ1n) is 8.80. The number of anilines is 1. The molecule has 8 heteroatoms. The van der Waals surface area contributed by atoms with E-state index in [1.54, 1.807) is 0 Å². The van der Waals surface area contributed by atoms with E-state index in [-0.39, 0.29) is 30.7 Å². The Bertz CT molecular complexity index is 740. The molecular formula is C18H26Cl2N4O2. The molecule has 2 aromatic rings. The van der Waals surface area contributed by atoms with E-state index in [0.29, 0.717) is 12.6 Å². The molecule has 1 aromatic carbocycles. The lowest BCUT2D eigenvalue weighted by molar-refractivity contribution is -0.130. The minimum absolute atomic E-state index is 0. The van der Waals surface area contributed by atoms with Gasteiger partial charge in [-0.3, -0.25) is 4.79 Å². The van der Waals surface area contributed by atoms with Crippen molar-refractivity contribution in [3.05, 3.63) is 23.8 Å². The topological polar surface area (TPSA) is 61.6 Å². The number of rotatable bonds is 5. The molecule has 1 N–H and O–H groups in total. The van der Waals surface area contributed by atoms with Crippen molar-refractivity contribution in [2.75, 3.05) is 44.2 Å². The van der Waals surface area contributed by atoms with Gasteiger partial charge in [0.1, 0.15) is 5.52 Å². The summed E-state index contributed by atoms with van der Waals surface area (Å²) in [6.45, 7) is 6.46. The van der Waals surface area contributed by atoms with Crippen LogP contribution in [0.5, 0.6) is 0 Å². The largest absolute Gasteiger partial charge is 0.423 e. The molecule has 0 unspecified atom stereocenters. The zero-order valence-electron chi connectivity index (χ0n) is 14.9. The van der Waals surface area contributed by atoms with Gasteiger partial charge in [0.05, 0.1) is 6.54 Å². The van der Waals surface area contributed by atoms with E-state index in [9.17, 15) is 4.79 Å². The van der Waals surface area contributed by atoms with Crippen molar-refractivity contribution in [2.45, 2.75) is 19.8 Å². The van der Waals surface area contributed by atoms with Crippen LogP contribution in [0.15, 0.2) is 22.6 Å². The van der Waals surface area contributed by atoms with E-state index in [1.807, 2.05) is 23.1 Å². The van der Waals surface area contributed by atoms with Crippen molar-refractivity contribution in [1.82, 2.24) is 15.2 Å². The Labute approximate surface area is 166 Å². The first-order valence-corrected chi connectivity index (χ1v) is 8.80. The van der Waals surface area contributed by atoms with Crippen LogP contribution in [0.1, 0.15) is 18.4 Å².